The summed E-state index contributed by atoms with van der Waals surface area (Å²) in [6, 6.07) is 11.2. The van der Waals surface area contributed by atoms with Crippen LogP contribution in [0.1, 0.15) is 26.4 Å². The molecule has 1 unspecified atom stereocenters. The molecule has 0 nitrogen and oxygen atoms in total. The molecule has 3 rings (SSSR count). The summed E-state index contributed by atoms with van der Waals surface area (Å²) in [4.78, 5) is 1.70. The van der Waals surface area contributed by atoms with E-state index in [1.807, 2.05) is 22.7 Å². The first-order chi connectivity index (χ1) is 8.65. The molecule has 92 valence electrons. The van der Waals surface area contributed by atoms with E-state index in [0.29, 0.717) is 4.83 Å². The van der Waals surface area contributed by atoms with Crippen LogP contribution in [0.15, 0.2) is 35.7 Å². The molecule has 0 fully saturated rings. The maximum atomic E-state index is 3.86. The summed E-state index contributed by atoms with van der Waals surface area (Å²) >= 11 is 7.56. The lowest BCUT2D eigenvalue weighted by Crippen LogP contribution is -1.94. The minimum atomic E-state index is 0.307. The molecule has 0 N–H and O–H groups in total. The quantitative estimate of drug-likeness (QED) is 0.498. The van der Waals surface area contributed by atoms with Gasteiger partial charge in [-0.15, -0.1) is 22.7 Å². The summed E-state index contributed by atoms with van der Waals surface area (Å²) < 4.78 is 2.79. The molecule has 0 bridgehead atoms. The van der Waals surface area contributed by atoms with E-state index in [0.717, 1.165) is 0 Å². The molecule has 0 aliphatic rings. The van der Waals surface area contributed by atoms with Gasteiger partial charge in [-0.3, -0.25) is 0 Å². The maximum absolute atomic E-state index is 3.86. The van der Waals surface area contributed by atoms with E-state index >= 15 is 0 Å². The fourth-order valence-corrected chi connectivity index (χ4v) is 5.12. The lowest BCUT2D eigenvalue weighted by atomic mass is 10.0. The molecule has 0 aliphatic carbocycles. The van der Waals surface area contributed by atoms with Crippen molar-refractivity contribution in [2.75, 3.05) is 0 Å². The fourth-order valence-electron chi connectivity index (χ4n) is 2.10. The third-order valence-electron chi connectivity index (χ3n) is 3.12. The number of hydrogen-bond acceptors (Lipinski definition) is 2. The van der Waals surface area contributed by atoms with Crippen LogP contribution in [0.4, 0.5) is 0 Å². The summed E-state index contributed by atoms with van der Waals surface area (Å²) in [6.07, 6.45) is 0. The average Bonchev–Trinajstić information content (AvgIpc) is 2.91. The summed E-state index contributed by atoms with van der Waals surface area (Å²) in [7, 11) is 0. The highest BCUT2D eigenvalue weighted by atomic mass is 79.9. The molecule has 0 aliphatic heterocycles. The number of thiophene rings is 2. The van der Waals surface area contributed by atoms with Gasteiger partial charge in [0.15, 0.2) is 0 Å². The minimum absolute atomic E-state index is 0.307. The van der Waals surface area contributed by atoms with Crippen LogP contribution in [0.5, 0.6) is 0 Å². The third-order valence-corrected chi connectivity index (χ3v) is 6.56. The van der Waals surface area contributed by atoms with Crippen molar-refractivity contribution in [3.63, 3.8) is 0 Å². The highest BCUT2D eigenvalue weighted by Gasteiger charge is 2.16. The zero-order valence-corrected chi connectivity index (χ0v) is 13.5. The van der Waals surface area contributed by atoms with Crippen LogP contribution in [-0.4, -0.2) is 0 Å². The smallest absolute Gasteiger partial charge is 0.0741 e. The van der Waals surface area contributed by atoms with Gasteiger partial charge in [0.25, 0.3) is 0 Å². The van der Waals surface area contributed by atoms with Gasteiger partial charge in [0, 0.05) is 14.3 Å². The zero-order chi connectivity index (χ0) is 12.7. The van der Waals surface area contributed by atoms with Crippen LogP contribution in [0.25, 0.3) is 9.40 Å². The third kappa shape index (κ3) is 2.15. The monoisotopic (exact) mass is 336 g/mol. The molecule has 0 saturated carbocycles. The lowest BCUT2D eigenvalue weighted by Gasteiger charge is -2.12. The van der Waals surface area contributed by atoms with Crippen LogP contribution in [0.2, 0.25) is 0 Å². The van der Waals surface area contributed by atoms with Crippen molar-refractivity contribution in [1.29, 1.82) is 0 Å². The highest BCUT2D eigenvalue weighted by molar-refractivity contribution is 9.09. The predicted molar refractivity (Wildman–Crippen MR) is 86.4 cm³/mol. The van der Waals surface area contributed by atoms with Crippen molar-refractivity contribution >= 4 is 48.0 Å². The Morgan fingerprint density at radius 3 is 2.67 bits per heavy atom. The topological polar surface area (TPSA) is 0 Å². The van der Waals surface area contributed by atoms with E-state index in [9.17, 15) is 0 Å². The van der Waals surface area contributed by atoms with Crippen molar-refractivity contribution in [3.8, 4) is 0 Å². The van der Waals surface area contributed by atoms with E-state index in [2.05, 4.69) is 65.5 Å². The Morgan fingerprint density at radius 1 is 1.06 bits per heavy atom. The summed E-state index contributed by atoms with van der Waals surface area (Å²) in [6.45, 7) is 4.33. The predicted octanol–water partition coefficient (Wildman–Crippen LogP) is 6.06. The van der Waals surface area contributed by atoms with Crippen LogP contribution < -0.4 is 0 Å². The van der Waals surface area contributed by atoms with Crippen molar-refractivity contribution in [2.45, 2.75) is 18.7 Å². The van der Waals surface area contributed by atoms with E-state index < -0.39 is 0 Å². The molecule has 0 amide bonds. The largest absolute Gasteiger partial charge is 0.143 e. The van der Waals surface area contributed by atoms with E-state index in [1.165, 1.54) is 31.0 Å². The Morgan fingerprint density at radius 2 is 1.89 bits per heavy atom. The first-order valence-corrected chi connectivity index (χ1v) is 8.44. The molecule has 1 atom stereocenters. The van der Waals surface area contributed by atoms with Gasteiger partial charge < -0.3 is 0 Å². The van der Waals surface area contributed by atoms with Crippen molar-refractivity contribution in [1.82, 2.24) is 0 Å². The van der Waals surface area contributed by atoms with Gasteiger partial charge >= 0.3 is 0 Å². The highest BCUT2D eigenvalue weighted by Crippen LogP contribution is 2.41. The van der Waals surface area contributed by atoms with Crippen LogP contribution in [0, 0.1) is 13.8 Å². The van der Waals surface area contributed by atoms with Gasteiger partial charge in [0.1, 0.15) is 0 Å². The lowest BCUT2D eigenvalue weighted by molar-refractivity contribution is 1.17. The SMILES string of the molecule is Cc1ccc(C)c(C(Br)c2cc3sccc3s2)c1. The van der Waals surface area contributed by atoms with E-state index in [4.69, 9.17) is 0 Å². The molecule has 2 aromatic heterocycles. The number of rotatable bonds is 2. The van der Waals surface area contributed by atoms with E-state index in [1.54, 1.807) is 0 Å². The Bertz CT molecular complexity index is 665. The molecule has 3 aromatic rings. The molecule has 0 spiro atoms. The van der Waals surface area contributed by atoms with E-state index in [-0.39, 0.29) is 0 Å². The Kier molecular flexibility index (Phi) is 3.31. The minimum Gasteiger partial charge on any atom is -0.143 e. The molecule has 18 heavy (non-hydrogen) atoms. The Hall–Kier alpha value is -0.640. The van der Waals surface area contributed by atoms with Crippen molar-refractivity contribution in [3.05, 3.63) is 57.3 Å². The van der Waals surface area contributed by atoms with Gasteiger partial charge in [-0.05, 0) is 42.5 Å². The second kappa shape index (κ2) is 4.80. The normalized spacial score (nSPS) is 13.1. The molecule has 2 heterocycles. The summed E-state index contributed by atoms with van der Waals surface area (Å²) in [5.41, 5.74) is 4.04. The fraction of sp³-hybridized carbons (Fsp3) is 0.200. The van der Waals surface area contributed by atoms with Crippen LogP contribution in [0.3, 0.4) is 0 Å². The average molecular weight is 337 g/mol. The molecular weight excluding hydrogens is 324 g/mol. The molecule has 0 radical (unpaired) electrons. The Labute approximate surface area is 123 Å². The second-order valence-electron chi connectivity index (χ2n) is 4.52. The number of hydrogen-bond donors (Lipinski definition) is 0. The number of aryl methyl sites for hydroxylation is 2. The van der Waals surface area contributed by atoms with Gasteiger partial charge in [-0.25, -0.2) is 0 Å². The number of halogens is 1. The second-order valence-corrected chi connectivity index (χ2v) is 7.50. The first-order valence-electron chi connectivity index (χ1n) is 5.83. The molecule has 3 heteroatoms. The first kappa shape index (κ1) is 12.4. The number of alkyl halides is 1. The molecular formula is C15H13BrS2. The van der Waals surface area contributed by atoms with Gasteiger partial charge in [0.05, 0.1) is 4.83 Å². The summed E-state index contributed by atoms with van der Waals surface area (Å²) in [5, 5.41) is 2.16. The van der Waals surface area contributed by atoms with Crippen molar-refractivity contribution in [2.24, 2.45) is 0 Å². The zero-order valence-electron chi connectivity index (χ0n) is 10.2. The number of fused-ring (bicyclic) bond motifs is 1. The van der Waals surface area contributed by atoms with Crippen molar-refractivity contribution < 1.29 is 0 Å². The Balaban J connectivity index is 2.05. The summed E-state index contributed by atoms with van der Waals surface area (Å²) in [5.74, 6) is 0. The van der Waals surface area contributed by atoms with Crippen LogP contribution >= 0.6 is 38.6 Å². The number of benzene rings is 1. The van der Waals surface area contributed by atoms with Gasteiger partial charge in [-0.1, -0.05) is 39.7 Å². The molecule has 0 saturated heterocycles. The van der Waals surface area contributed by atoms with Crippen LogP contribution in [-0.2, 0) is 0 Å². The molecule has 1 aromatic carbocycles. The maximum Gasteiger partial charge on any atom is 0.0741 e. The van der Waals surface area contributed by atoms with Gasteiger partial charge in [0.2, 0.25) is 0 Å². The van der Waals surface area contributed by atoms with Gasteiger partial charge in [-0.2, -0.15) is 0 Å². The standard InChI is InChI=1S/C15H13BrS2/c1-9-3-4-10(2)11(7-9)15(16)14-8-13-12(18-14)5-6-17-13/h3-8,15H,1-2H3.